The molecule has 2 aromatic carbocycles. The van der Waals surface area contributed by atoms with Crippen LogP contribution in [0.5, 0.6) is 0 Å². The van der Waals surface area contributed by atoms with Gasteiger partial charge in [0.2, 0.25) is 0 Å². The molecule has 4 rings (SSSR count). The van der Waals surface area contributed by atoms with Crippen LogP contribution in [0.2, 0.25) is 0 Å². The van der Waals surface area contributed by atoms with Crippen molar-refractivity contribution in [2.45, 2.75) is 13.5 Å². The van der Waals surface area contributed by atoms with Crippen LogP contribution in [0, 0.1) is 5.92 Å². The van der Waals surface area contributed by atoms with Gasteiger partial charge >= 0.3 is 0 Å². The van der Waals surface area contributed by atoms with Crippen LogP contribution in [0.1, 0.15) is 18.1 Å². The molecule has 0 aliphatic carbocycles. The first-order valence-electron chi connectivity index (χ1n) is 9.95. The quantitative estimate of drug-likeness (QED) is 0.518. The summed E-state index contributed by atoms with van der Waals surface area (Å²) in [7, 11) is 0. The Balaban J connectivity index is 0.00000240. The molecule has 1 atom stereocenters. The Morgan fingerprint density at radius 1 is 1.00 bits per heavy atom. The van der Waals surface area contributed by atoms with E-state index in [2.05, 4.69) is 70.5 Å². The second kappa shape index (κ2) is 10.2. The molecule has 0 amide bonds. The number of nitrogens with zero attached hydrogens (tertiary/aromatic N) is 2. The van der Waals surface area contributed by atoms with Crippen molar-refractivity contribution in [1.82, 2.24) is 9.80 Å². The molecule has 1 saturated heterocycles. The van der Waals surface area contributed by atoms with Crippen molar-refractivity contribution in [2.24, 2.45) is 5.92 Å². The molecule has 1 fully saturated rings. The van der Waals surface area contributed by atoms with Gasteiger partial charge < -0.3 is 4.90 Å². The van der Waals surface area contributed by atoms with Gasteiger partial charge in [-0.25, -0.2) is 4.79 Å². The molecule has 0 bridgehead atoms. The summed E-state index contributed by atoms with van der Waals surface area (Å²) in [6.07, 6.45) is 0. The van der Waals surface area contributed by atoms with Gasteiger partial charge in [0.15, 0.2) is 0 Å². The zero-order chi connectivity index (χ0) is 19.3. The Bertz CT molecular complexity index is 973. The highest BCUT2D eigenvalue weighted by molar-refractivity contribution is 7.17. The standard InChI is InChI=1S/C24H26N2OS.ClH/c1-19(22(17-27)23-18-28-24-10-6-5-9-21(23)24)15-25-11-13-26(14-12-25)16-20-7-3-2-4-8-20;/h2-10,18-19H,11-16H2,1H3;1H. The zero-order valence-electron chi connectivity index (χ0n) is 16.7. The van der Waals surface area contributed by atoms with Gasteiger partial charge in [-0.1, -0.05) is 55.5 Å². The molecule has 1 unspecified atom stereocenters. The van der Waals surface area contributed by atoms with Gasteiger partial charge in [-0.2, -0.15) is 0 Å². The number of hydrogen-bond donors (Lipinski definition) is 0. The number of carbonyl (C=O) groups excluding carboxylic acids is 1. The lowest BCUT2D eigenvalue weighted by Crippen LogP contribution is -2.47. The van der Waals surface area contributed by atoms with Crippen LogP contribution in [0.15, 0.2) is 60.0 Å². The Kier molecular flexibility index (Phi) is 7.65. The molecule has 2 heterocycles. The van der Waals surface area contributed by atoms with Gasteiger partial charge in [0, 0.05) is 71.8 Å². The molecule has 1 aromatic heterocycles. The van der Waals surface area contributed by atoms with E-state index in [1.54, 1.807) is 11.3 Å². The van der Waals surface area contributed by atoms with E-state index >= 15 is 0 Å². The smallest absolute Gasteiger partial charge is 0.128 e. The van der Waals surface area contributed by atoms with Crippen LogP contribution in [-0.4, -0.2) is 48.5 Å². The fraction of sp³-hybridized carbons (Fsp3) is 0.333. The van der Waals surface area contributed by atoms with Gasteiger partial charge in [0.05, 0.1) is 0 Å². The van der Waals surface area contributed by atoms with Crippen LogP contribution >= 0.6 is 23.7 Å². The van der Waals surface area contributed by atoms with Crippen LogP contribution in [0.3, 0.4) is 0 Å². The minimum atomic E-state index is 0. The molecule has 5 heteroatoms. The normalized spacial score (nSPS) is 16.2. The number of fused-ring (bicyclic) bond motifs is 1. The van der Waals surface area contributed by atoms with E-state index in [0.717, 1.165) is 50.4 Å². The molecule has 0 saturated carbocycles. The Morgan fingerprint density at radius 2 is 1.66 bits per heavy atom. The molecule has 1 aliphatic heterocycles. The Morgan fingerprint density at radius 3 is 2.38 bits per heavy atom. The molecule has 0 spiro atoms. The summed E-state index contributed by atoms with van der Waals surface area (Å²) >= 11 is 1.70. The first-order chi connectivity index (χ1) is 13.7. The molecule has 1 aliphatic rings. The van der Waals surface area contributed by atoms with E-state index in [-0.39, 0.29) is 18.3 Å². The van der Waals surface area contributed by atoms with Crippen LogP contribution in [0.4, 0.5) is 0 Å². The van der Waals surface area contributed by atoms with Crippen molar-refractivity contribution >= 4 is 45.3 Å². The highest BCUT2D eigenvalue weighted by Gasteiger charge is 2.22. The third-order valence-corrected chi connectivity index (χ3v) is 6.58. The largest absolute Gasteiger partial charge is 0.300 e. The molecule has 152 valence electrons. The topological polar surface area (TPSA) is 23.6 Å². The maximum atomic E-state index is 11.8. The van der Waals surface area contributed by atoms with Crippen molar-refractivity contribution in [3.05, 3.63) is 71.1 Å². The number of thiophene rings is 1. The lowest BCUT2D eigenvalue weighted by atomic mass is 9.94. The number of rotatable bonds is 6. The summed E-state index contributed by atoms with van der Waals surface area (Å²) in [4.78, 5) is 16.8. The van der Waals surface area contributed by atoms with Crippen molar-refractivity contribution in [3.63, 3.8) is 0 Å². The van der Waals surface area contributed by atoms with Crippen molar-refractivity contribution < 1.29 is 4.79 Å². The van der Waals surface area contributed by atoms with E-state index in [9.17, 15) is 4.79 Å². The molecule has 3 nitrogen and oxygen atoms in total. The number of halogens is 1. The SMILES string of the molecule is CC(CN1CCN(Cc2ccccc2)CC1)C(=C=O)c1csc2ccccc12.Cl. The molecule has 0 N–H and O–H groups in total. The van der Waals surface area contributed by atoms with Gasteiger partial charge in [-0.3, -0.25) is 4.90 Å². The first kappa shape index (κ1) is 21.8. The number of hydrogen-bond acceptors (Lipinski definition) is 4. The van der Waals surface area contributed by atoms with Crippen LogP contribution in [-0.2, 0) is 11.3 Å². The van der Waals surface area contributed by atoms with Gasteiger partial charge in [0.1, 0.15) is 5.94 Å². The zero-order valence-corrected chi connectivity index (χ0v) is 18.3. The predicted octanol–water partition coefficient (Wildman–Crippen LogP) is 4.99. The summed E-state index contributed by atoms with van der Waals surface area (Å²) in [5.41, 5.74) is 3.25. The second-order valence-electron chi connectivity index (χ2n) is 7.62. The van der Waals surface area contributed by atoms with Crippen molar-refractivity contribution in [1.29, 1.82) is 0 Å². The molecule has 0 radical (unpaired) electrons. The summed E-state index contributed by atoms with van der Waals surface area (Å²) in [5.74, 6) is 2.44. The predicted molar refractivity (Wildman–Crippen MR) is 125 cm³/mol. The Hall–Kier alpha value is -1.94. The van der Waals surface area contributed by atoms with Crippen LogP contribution < -0.4 is 0 Å². The summed E-state index contributed by atoms with van der Waals surface area (Å²) in [6.45, 7) is 8.33. The fourth-order valence-corrected chi connectivity index (χ4v) is 5.02. The summed E-state index contributed by atoms with van der Waals surface area (Å²) < 4.78 is 1.23. The van der Waals surface area contributed by atoms with Gasteiger partial charge in [-0.15, -0.1) is 23.7 Å². The monoisotopic (exact) mass is 426 g/mol. The van der Waals surface area contributed by atoms with Crippen molar-refractivity contribution in [2.75, 3.05) is 32.7 Å². The van der Waals surface area contributed by atoms with E-state index in [1.165, 1.54) is 15.6 Å². The van der Waals surface area contributed by atoms with E-state index < -0.39 is 0 Å². The maximum absolute atomic E-state index is 11.8. The summed E-state index contributed by atoms with van der Waals surface area (Å²) in [5, 5.41) is 3.28. The summed E-state index contributed by atoms with van der Waals surface area (Å²) in [6, 6.07) is 19.0. The minimum Gasteiger partial charge on any atom is -0.300 e. The molecule has 3 aromatic rings. The average Bonchev–Trinajstić information content (AvgIpc) is 3.15. The van der Waals surface area contributed by atoms with Gasteiger partial charge in [-0.05, 0) is 11.6 Å². The van der Waals surface area contributed by atoms with E-state index in [0.29, 0.717) is 0 Å². The van der Waals surface area contributed by atoms with Crippen molar-refractivity contribution in [3.8, 4) is 0 Å². The Labute approximate surface area is 183 Å². The lowest BCUT2D eigenvalue weighted by molar-refractivity contribution is 0.121. The third-order valence-electron chi connectivity index (χ3n) is 5.62. The molecular weight excluding hydrogens is 400 g/mol. The van der Waals surface area contributed by atoms with Gasteiger partial charge in [0.25, 0.3) is 0 Å². The maximum Gasteiger partial charge on any atom is 0.128 e. The third kappa shape index (κ3) is 5.16. The highest BCUT2D eigenvalue weighted by Crippen LogP contribution is 2.33. The van der Waals surface area contributed by atoms with E-state index in [1.807, 2.05) is 12.1 Å². The average molecular weight is 427 g/mol. The van der Waals surface area contributed by atoms with E-state index in [4.69, 9.17) is 0 Å². The first-order valence-corrected chi connectivity index (χ1v) is 10.8. The molecular formula is C24H27ClN2OS. The lowest BCUT2D eigenvalue weighted by Gasteiger charge is -2.36. The minimum absolute atomic E-state index is 0. The second-order valence-corrected chi connectivity index (χ2v) is 8.54. The molecule has 29 heavy (non-hydrogen) atoms. The van der Waals surface area contributed by atoms with Crippen LogP contribution in [0.25, 0.3) is 15.7 Å². The highest BCUT2D eigenvalue weighted by atomic mass is 35.5. The number of piperazine rings is 1. The fourth-order valence-electron chi connectivity index (χ4n) is 4.06. The number of benzene rings is 2.